The Morgan fingerprint density at radius 2 is 1.84 bits per heavy atom. The van der Waals surface area contributed by atoms with Crippen LogP contribution in [0.25, 0.3) is 5.69 Å². The molecule has 1 atom stereocenters. The van der Waals surface area contributed by atoms with E-state index in [1.54, 1.807) is 6.20 Å². The van der Waals surface area contributed by atoms with Crippen molar-refractivity contribution in [2.45, 2.75) is 39.4 Å². The highest BCUT2D eigenvalue weighted by Gasteiger charge is 2.32. The van der Waals surface area contributed by atoms with Crippen LogP contribution in [0.5, 0.6) is 0 Å². The van der Waals surface area contributed by atoms with E-state index in [9.17, 15) is 18.0 Å². The van der Waals surface area contributed by atoms with Crippen molar-refractivity contribution in [1.82, 2.24) is 30.3 Å². The number of pyridine rings is 2. The maximum Gasteiger partial charge on any atom is 0.433 e. The average molecular weight is 433 g/mol. The van der Waals surface area contributed by atoms with Gasteiger partial charge in [0.25, 0.3) is 5.91 Å². The van der Waals surface area contributed by atoms with E-state index in [0.29, 0.717) is 24.3 Å². The molecule has 0 aliphatic carbocycles. The van der Waals surface area contributed by atoms with E-state index in [2.05, 4.69) is 30.8 Å². The van der Waals surface area contributed by atoms with Crippen LogP contribution in [0.2, 0.25) is 0 Å². The number of hydrogen-bond acceptors (Lipinski definition) is 6. The van der Waals surface area contributed by atoms with Gasteiger partial charge in [0.05, 0.1) is 24.3 Å². The summed E-state index contributed by atoms with van der Waals surface area (Å²) < 4.78 is 37.9. The number of hydrogen-bond donors (Lipinski definition) is 2. The van der Waals surface area contributed by atoms with E-state index in [0.717, 1.165) is 23.4 Å². The summed E-state index contributed by atoms with van der Waals surface area (Å²) in [5, 5.41) is 14.1. The molecule has 0 aliphatic rings. The van der Waals surface area contributed by atoms with E-state index in [1.807, 2.05) is 20.8 Å². The van der Waals surface area contributed by atoms with Crippen molar-refractivity contribution in [2.24, 2.45) is 0 Å². The van der Waals surface area contributed by atoms with Crippen LogP contribution in [-0.2, 0) is 6.18 Å². The molecule has 0 saturated carbocycles. The third-order valence-electron chi connectivity index (χ3n) is 4.83. The number of carbonyl (C=O) groups is 1. The van der Waals surface area contributed by atoms with Crippen molar-refractivity contribution in [3.05, 3.63) is 59.4 Å². The van der Waals surface area contributed by atoms with Gasteiger partial charge in [0.15, 0.2) is 5.69 Å². The molecule has 3 aromatic heterocycles. The van der Waals surface area contributed by atoms with Crippen LogP contribution < -0.4 is 10.6 Å². The van der Waals surface area contributed by atoms with Crippen LogP contribution in [0.15, 0.2) is 36.9 Å². The standard InChI is InChI=1S/C20H22F3N7O/c1-4-14(10-24-15-5-6-16(25-11-15)20(21,22)23)29-19(31)17-18(30-27-7-8-28-30)13(3)12(2)9-26-17/h5-9,11,14,24H,4,10H2,1-3H3,(H,29,31). The number of carbonyl (C=O) groups excluding carboxylic acids is 1. The summed E-state index contributed by atoms with van der Waals surface area (Å²) in [5.41, 5.74) is 1.88. The van der Waals surface area contributed by atoms with Gasteiger partial charge >= 0.3 is 6.18 Å². The largest absolute Gasteiger partial charge is 0.433 e. The van der Waals surface area contributed by atoms with Crippen LogP contribution in [0, 0.1) is 13.8 Å². The molecule has 0 aromatic carbocycles. The monoisotopic (exact) mass is 433 g/mol. The molecule has 164 valence electrons. The normalized spacial score (nSPS) is 12.5. The number of amides is 1. The fourth-order valence-electron chi connectivity index (χ4n) is 2.88. The first-order valence-corrected chi connectivity index (χ1v) is 9.61. The number of alkyl halides is 3. The Bertz CT molecular complexity index is 1030. The third kappa shape index (κ3) is 5.16. The molecule has 3 rings (SSSR count). The highest BCUT2D eigenvalue weighted by Crippen LogP contribution is 2.27. The van der Waals surface area contributed by atoms with Crippen molar-refractivity contribution >= 4 is 11.6 Å². The van der Waals surface area contributed by atoms with Gasteiger partial charge in [-0.1, -0.05) is 6.92 Å². The number of nitrogens with zero attached hydrogens (tertiary/aromatic N) is 5. The number of aryl methyl sites for hydroxylation is 1. The molecular formula is C20H22F3N7O. The smallest absolute Gasteiger partial charge is 0.382 e. The summed E-state index contributed by atoms with van der Waals surface area (Å²) in [7, 11) is 0. The molecular weight excluding hydrogens is 411 g/mol. The Kier molecular flexibility index (Phi) is 6.52. The maximum atomic E-state index is 13.0. The molecule has 0 spiro atoms. The van der Waals surface area contributed by atoms with Crippen molar-refractivity contribution in [2.75, 3.05) is 11.9 Å². The van der Waals surface area contributed by atoms with Gasteiger partial charge in [-0.05, 0) is 43.5 Å². The SMILES string of the molecule is CCC(CNc1ccc(C(F)(F)F)nc1)NC(=O)c1ncc(C)c(C)c1-n1nccn1. The Balaban J connectivity index is 1.71. The Labute approximate surface area is 176 Å². The van der Waals surface area contributed by atoms with Gasteiger partial charge in [-0.15, -0.1) is 4.80 Å². The summed E-state index contributed by atoms with van der Waals surface area (Å²) in [6.07, 6.45) is 1.86. The van der Waals surface area contributed by atoms with Crippen LogP contribution >= 0.6 is 0 Å². The first-order chi connectivity index (χ1) is 14.7. The first kappa shape index (κ1) is 22.2. The number of halogens is 3. The minimum Gasteiger partial charge on any atom is -0.382 e. The lowest BCUT2D eigenvalue weighted by molar-refractivity contribution is -0.141. The van der Waals surface area contributed by atoms with E-state index in [1.165, 1.54) is 23.3 Å². The molecule has 0 saturated heterocycles. The number of rotatable bonds is 7. The molecule has 0 aliphatic heterocycles. The van der Waals surface area contributed by atoms with Gasteiger partial charge in [0, 0.05) is 18.8 Å². The second-order valence-corrected chi connectivity index (χ2v) is 6.97. The zero-order valence-corrected chi connectivity index (χ0v) is 17.2. The predicted octanol–water partition coefficient (Wildman–Crippen LogP) is 3.31. The topological polar surface area (TPSA) is 97.6 Å². The Hall–Kier alpha value is -3.50. The van der Waals surface area contributed by atoms with Crippen LogP contribution in [0.3, 0.4) is 0 Å². The second kappa shape index (κ2) is 9.11. The zero-order valence-electron chi connectivity index (χ0n) is 17.2. The van der Waals surface area contributed by atoms with Gasteiger partial charge < -0.3 is 10.6 Å². The fraction of sp³-hybridized carbons (Fsp3) is 0.350. The van der Waals surface area contributed by atoms with Crippen molar-refractivity contribution < 1.29 is 18.0 Å². The van der Waals surface area contributed by atoms with Gasteiger partial charge in [-0.25, -0.2) is 9.97 Å². The Morgan fingerprint density at radius 3 is 2.42 bits per heavy atom. The van der Waals surface area contributed by atoms with Crippen LogP contribution in [0.1, 0.15) is 40.7 Å². The molecule has 1 unspecified atom stereocenters. The van der Waals surface area contributed by atoms with Crippen LogP contribution in [-0.4, -0.2) is 43.5 Å². The summed E-state index contributed by atoms with van der Waals surface area (Å²) in [5.74, 6) is -0.394. The van der Waals surface area contributed by atoms with E-state index in [4.69, 9.17) is 0 Å². The summed E-state index contributed by atoms with van der Waals surface area (Å²) >= 11 is 0. The molecule has 31 heavy (non-hydrogen) atoms. The maximum absolute atomic E-state index is 13.0. The summed E-state index contributed by atoms with van der Waals surface area (Å²) in [6.45, 7) is 5.94. The molecule has 0 radical (unpaired) electrons. The van der Waals surface area contributed by atoms with E-state index in [-0.39, 0.29) is 11.7 Å². The van der Waals surface area contributed by atoms with Crippen molar-refractivity contribution in [1.29, 1.82) is 0 Å². The van der Waals surface area contributed by atoms with Gasteiger partial charge in [0.2, 0.25) is 0 Å². The molecule has 3 heterocycles. The van der Waals surface area contributed by atoms with Crippen molar-refractivity contribution in [3.8, 4) is 5.69 Å². The first-order valence-electron chi connectivity index (χ1n) is 9.61. The molecule has 3 aromatic rings. The van der Waals surface area contributed by atoms with Crippen LogP contribution in [0.4, 0.5) is 18.9 Å². The average Bonchev–Trinajstić information content (AvgIpc) is 3.26. The molecule has 0 fully saturated rings. The lowest BCUT2D eigenvalue weighted by atomic mass is 10.1. The molecule has 1 amide bonds. The highest BCUT2D eigenvalue weighted by molar-refractivity contribution is 5.96. The van der Waals surface area contributed by atoms with Gasteiger partial charge in [0.1, 0.15) is 11.4 Å². The molecule has 11 heteroatoms. The minimum absolute atomic E-state index is 0.189. The zero-order chi connectivity index (χ0) is 22.6. The van der Waals surface area contributed by atoms with Gasteiger partial charge in [-0.3, -0.25) is 4.79 Å². The Morgan fingerprint density at radius 1 is 1.13 bits per heavy atom. The van der Waals surface area contributed by atoms with E-state index >= 15 is 0 Å². The second-order valence-electron chi connectivity index (χ2n) is 6.97. The number of nitrogens with one attached hydrogen (secondary N) is 2. The fourth-order valence-corrected chi connectivity index (χ4v) is 2.88. The number of anilines is 1. The lowest BCUT2D eigenvalue weighted by Gasteiger charge is -2.19. The summed E-state index contributed by atoms with van der Waals surface area (Å²) in [6, 6.07) is 1.91. The quantitative estimate of drug-likeness (QED) is 0.593. The highest BCUT2D eigenvalue weighted by atomic mass is 19.4. The molecule has 8 nitrogen and oxygen atoms in total. The van der Waals surface area contributed by atoms with Crippen molar-refractivity contribution in [3.63, 3.8) is 0 Å². The van der Waals surface area contributed by atoms with E-state index < -0.39 is 17.8 Å². The molecule has 0 bridgehead atoms. The lowest BCUT2D eigenvalue weighted by Crippen LogP contribution is -2.40. The summed E-state index contributed by atoms with van der Waals surface area (Å²) in [4.78, 5) is 22.0. The minimum atomic E-state index is -4.49. The van der Waals surface area contributed by atoms with Gasteiger partial charge in [-0.2, -0.15) is 23.4 Å². The predicted molar refractivity (Wildman–Crippen MR) is 108 cm³/mol. The third-order valence-corrected chi connectivity index (χ3v) is 4.83. The molecule has 2 N–H and O–H groups in total. The number of aromatic nitrogens is 5.